The molecule has 0 spiro atoms. The Morgan fingerprint density at radius 1 is 1.39 bits per heavy atom. The molecule has 2 rings (SSSR count). The third-order valence-corrected chi connectivity index (χ3v) is 2.91. The van der Waals surface area contributed by atoms with Gasteiger partial charge in [-0.05, 0) is 44.2 Å². The minimum atomic E-state index is -0.266. The van der Waals surface area contributed by atoms with Crippen molar-refractivity contribution in [3.05, 3.63) is 35.5 Å². The Morgan fingerprint density at radius 2 is 2.17 bits per heavy atom. The fourth-order valence-electron chi connectivity index (χ4n) is 1.85. The van der Waals surface area contributed by atoms with E-state index >= 15 is 0 Å². The summed E-state index contributed by atoms with van der Waals surface area (Å²) in [6.07, 6.45) is 0.862. The third-order valence-electron chi connectivity index (χ3n) is 2.91. The highest BCUT2D eigenvalue weighted by molar-refractivity contribution is 5.57. The van der Waals surface area contributed by atoms with Gasteiger partial charge in [0.1, 0.15) is 5.82 Å². The topological polar surface area (TPSA) is 51.0 Å². The van der Waals surface area contributed by atoms with Crippen LogP contribution in [0, 0.1) is 12.7 Å². The minimum absolute atomic E-state index is 0.0482. The molecule has 1 heterocycles. The number of aryl methyl sites for hydroxylation is 1. The van der Waals surface area contributed by atoms with Crippen LogP contribution in [0.25, 0.3) is 11.5 Å². The third kappa shape index (κ3) is 2.41. The molecule has 1 aromatic carbocycles. The standard InChI is InChI=1S/C13H16FN3O/c1-4-11(15-3)13-17-16-12(18-13)10-6-5-9(14)7-8(10)2/h5-7,11,15H,4H2,1-3H3. The average molecular weight is 249 g/mol. The predicted octanol–water partition coefficient (Wildman–Crippen LogP) is 2.85. The van der Waals surface area contributed by atoms with Crippen molar-refractivity contribution in [3.8, 4) is 11.5 Å². The lowest BCUT2D eigenvalue weighted by molar-refractivity contribution is 0.415. The Kier molecular flexibility index (Phi) is 3.72. The van der Waals surface area contributed by atoms with E-state index in [0.29, 0.717) is 11.8 Å². The van der Waals surface area contributed by atoms with Crippen molar-refractivity contribution in [2.45, 2.75) is 26.3 Å². The Labute approximate surface area is 105 Å². The van der Waals surface area contributed by atoms with Gasteiger partial charge in [-0.15, -0.1) is 10.2 Å². The smallest absolute Gasteiger partial charge is 0.248 e. The molecule has 5 heteroatoms. The fourth-order valence-corrected chi connectivity index (χ4v) is 1.85. The number of hydrogen-bond donors (Lipinski definition) is 1. The molecule has 0 bridgehead atoms. The number of hydrogen-bond acceptors (Lipinski definition) is 4. The predicted molar refractivity (Wildman–Crippen MR) is 66.5 cm³/mol. The largest absolute Gasteiger partial charge is 0.419 e. The summed E-state index contributed by atoms with van der Waals surface area (Å²) in [6.45, 7) is 3.85. The summed E-state index contributed by atoms with van der Waals surface area (Å²) in [5.74, 6) is 0.715. The molecular formula is C13H16FN3O. The highest BCUT2D eigenvalue weighted by atomic mass is 19.1. The number of benzene rings is 1. The molecule has 0 saturated carbocycles. The van der Waals surface area contributed by atoms with Gasteiger partial charge in [0, 0.05) is 5.56 Å². The molecule has 1 N–H and O–H groups in total. The molecule has 18 heavy (non-hydrogen) atoms. The first kappa shape index (κ1) is 12.7. The summed E-state index contributed by atoms with van der Waals surface area (Å²) in [5.41, 5.74) is 1.55. The zero-order valence-corrected chi connectivity index (χ0v) is 10.7. The summed E-state index contributed by atoms with van der Waals surface area (Å²) in [7, 11) is 1.85. The van der Waals surface area contributed by atoms with E-state index in [2.05, 4.69) is 15.5 Å². The molecule has 0 radical (unpaired) electrons. The van der Waals surface area contributed by atoms with Crippen LogP contribution in [0.3, 0.4) is 0 Å². The zero-order valence-electron chi connectivity index (χ0n) is 10.7. The minimum Gasteiger partial charge on any atom is -0.419 e. The van der Waals surface area contributed by atoms with Crippen molar-refractivity contribution in [1.82, 2.24) is 15.5 Å². The summed E-state index contributed by atoms with van der Waals surface area (Å²) in [5, 5.41) is 11.1. The van der Waals surface area contributed by atoms with E-state index in [1.807, 2.05) is 20.9 Å². The molecule has 1 unspecified atom stereocenters. The number of halogens is 1. The second-order valence-electron chi connectivity index (χ2n) is 4.15. The molecule has 4 nitrogen and oxygen atoms in total. The fraction of sp³-hybridized carbons (Fsp3) is 0.385. The summed E-state index contributed by atoms with van der Waals surface area (Å²) in [4.78, 5) is 0. The summed E-state index contributed by atoms with van der Waals surface area (Å²) >= 11 is 0. The van der Waals surface area contributed by atoms with E-state index in [0.717, 1.165) is 17.5 Å². The van der Waals surface area contributed by atoms with Gasteiger partial charge in [-0.3, -0.25) is 0 Å². The van der Waals surface area contributed by atoms with Gasteiger partial charge >= 0.3 is 0 Å². The second-order valence-corrected chi connectivity index (χ2v) is 4.15. The Bertz CT molecular complexity index is 535. The van der Waals surface area contributed by atoms with Crippen LogP contribution in [-0.4, -0.2) is 17.2 Å². The van der Waals surface area contributed by atoms with Crippen LogP contribution in [-0.2, 0) is 0 Å². The molecule has 0 aliphatic rings. The van der Waals surface area contributed by atoms with E-state index in [4.69, 9.17) is 4.42 Å². The van der Waals surface area contributed by atoms with Crippen LogP contribution in [0.4, 0.5) is 4.39 Å². The molecule has 0 fully saturated rings. The maximum Gasteiger partial charge on any atom is 0.248 e. The first-order valence-corrected chi connectivity index (χ1v) is 5.93. The van der Waals surface area contributed by atoms with Gasteiger partial charge in [0.05, 0.1) is 6.04 Å². The Morgan fingerprint density at radius 3 is 2.78 bits per heavy atom. The van der Waals surface area contributed by atoms with Gasteiger partial charge in [0.15, 0.2) is 0 Å². The first-order valence-electron chi connectivity index (χ1n) is 5.93. The maximum atomic E-state index is 13.0. The molecule has 2 aromatic rings. The first-order chi connectivity index (χ1) is 8.65. The molecule has 0 amide bonds. The molecule has 1 aromatic heterocycles. The van der Waals surface area contributed by atoms with Gasteiger partial charge in [-0.25, -0.2) is 4.39 Å². The molecular weight excluding hydrogens is 233 g/mol. The van der Waals surface area contributed by atoms with Crippen LogP contribution >= 0.6 is 0 Å². The van der Waals surface area contributed by atoms with Gasteiger partial charge in [-0.2, -0.15) is 0 Å². The van der Waals surface area contributed by atoms with Crippen molar-refractivity contribution < 1.29 is 8.81 Å². The molecule has 1 atom stereocenters. The van der Waals surface area contributed by atoms with Crippen molar-refractivity contribution in [2.75, 3.05) is 7.05 Å². The van der Waals surface area contributed by atoms with Crippen LogP contribution in [0.2, 0.25) is 0 Å². The van der Waals surface area contributed by atoms with Crippen molar-refractivity contribution in [2.24, 2.45) is 0 Å². The van der Waals surface area contributed by atoms with E-state index in [1.54, 1.807) is 6.07 Å². The Balaban J connectivity index is 2.34. The summed E-state index contributed by atoms with van der Waals surface area (Å²) < 4.78 is 18.7. The Hall–Kier alpha value is -1.75. The molecule has 96 valence electrons. The van der Waals surface area contributed by atoms with Crippen LogP contribution < -0.4 is 5.32 Å². The quantitative estimate of drug-likeness (QED) is 0.905. The van der Waals surface area contributed by atoms with Crippen molar-refractivity contribution in [1.29, 1.82) is 0 Å². The highest BCUT2D eigenvalue weighted by Crippen LogP contribution is 2.25. The van der Waals surface area contributed by atoms with Gasteiger partial charge < -0.3 is 9.73 Å². The highest BCUT2D eigenvalue weighted by Gasteiger charge is 2.16. The zero-order chi connectivity index (χ0) is 13.1. The average Bonchev–Trinajstić information content (AvgIpc) is 2.80. The second kappa shape index (κ2) is 5.27. The number of nitrogens with zero attached hydrogens (tertiary/aromatic N) is 2. The van der Waals surface area contributed by atoms with Gasteiger partial charge in [-0.1, -0.05) is 6.92 Å². The SMILES string of the molecule is CCC(NC)c1nnc(-c2ccc(F)cc2C)o1. The van der Waals surface area contributed by atoms with Crippen LogP contribution in [0.15, 0.2) is 22.6 Å². The number of aromatic nitrogens is 2. The monoisotopic (exact) mass is 249 g/mol. The lowest BCUT2D eigenvalue weighted by Gasteiger charge is -2.07. The summed E-state index contributed by atoms with van der Waals surface area (Å²) in [6, 6.07) is 4.55. The van der Waals surface area contributed by atoms with Crippen molar-refractivity contribution in [3.63, 3.8) is 0 Å². The number of nitrogens with one attached hydrogen (secondary N) is 1. The van der Waals surface area contributed by atoms with E-state index < -0.39 is 0 Å². The van der Waals surface area contributed by atoms with Gasteiger partial charge in [0.2, 0.25) is 11.8 Å². The molecule has 0 saturated heterocycles. The van der Waals surface area contributed by atoms with Crippen LogP contribution in [0.5, 0.6) is 0 Å². The lowest BCUT2D eigenvalue weighted by atomic mass is 10.1. The van der Waals surface area contributed by atoms with Gasteiger partial charge in [0.25, 0.3) is 0 Å². The normalized spacial score (nSPS) is 12.7. The number of rotatable bonds is 4. The van der Waals surface area contributed by atoms with Crippen molar-refractivity contribution >= 4 is 0 Å². The van der Waals surface area contributed by atoms with E-state index in [1.165, 1.54) is 12.1 Å². The van der Waals surface area contributed by atoms with E-state index in [-0.39, 0.29) is 11.9 Å². The molecule has 0 aliphatic carbocycles. The maximum absolute atomic E-state index is 13.0. The molecule has 0 aliphatic heterocycles. The van der Waals surface area contributed by atoms with Crippen LogP contribution in [0.1, 0.15) is 30.8 Å². The lowest BCUT2D eigenvalue weighted by Crippen LogP contribution is -2.15. The van der Waals surface area contributed by atoms with E-state index in [9.17, 15) is 4.39 Å².